The molecule has 4 rings (SSSR count). The average molecular weight is 414 g/mol. The molecule has 0 bridgehead atoms. The number of carbonyl (C=O) groups excluding carboxylic acids is 1. The van der Waals surface area contributed by atoms with E-state index in [-0.39, 0.29) is 24.7 Å². The third-order valence-corrected chi connectivity index (χ3v) is 5.61. The minimum Gasteiger partial charge on any atom is -0.441 e. The molecule has 0 atom stereocenters. The van der Waals surface area contributed by atoms with Crippen LogP contribution >= 0.6 is 0 Å². The summed E-state index contributed by atoms with van der Waals surface area (Å²) in [6, 6.07) is 5.74. The largest absolute Gasteiger partial charge is 0.441 e. The van der Waals surface area contributed by atoms with Gasteiger partial charge in [0.05, 0.1) is 18.1 Å². The fourth-order valence-corrected chi connectivity index (χ4v) is 3.87. The summed E-state index contributed by atoms with van der Waals surface area (Å²) in [5.41, 5.74) is 1.61. The highest BCUT2D eigenvalue weighted by Gasteiger charge is 2.24. The number of hydrogen-bond acceptors (Lipinski definition) is 5. The molecule has 0 radical (unpaired) electrons. The molecule has 1 amide bonds. The molecule has 8 heteroatoms. The number of halogens is 2. The quantitative estimate of drug-likeness (QED) is 0.597. The Kier molecular flexibility index (Phi) is 6.01. The predicted molar refractivity (Wildman–Crippen MR) is 108 cm³/mol. The van der Waals surface area contributed by atoms with Gasteiger partial charge in [0.2, 0.25) is 12.3 Å². The van der Waals surface area contributed by atoms with E-state index in [1.807, 2.05) is 18.2 Å². The average Bonchev–Trinajstić information content (AvgIpc) is 3.18. The van der Waals surface area contributed by atoms with Gasteiger partial charge in [0.25, 0.3) is 0 Å². The second-order valence-electron chi connectivity index (χ2n) is 7.77. The van der Waals surface area contributed by atoms with Gasteiger partial charge in [-0.1, -0.05) is 12.1 Å². The Hall–Kier alpha value is -2.90. The third kappa shape index (κ3) is 4.80. The van der Waals surface area contributed by atoms with E-state index in [0.717, 1.165) is 29.3 Å². The van der Waals surface area contributed by atoms with E-state index in [0.29, 0.717) is 37.0 Å². The number of alkyl halides is 2. The Morgan fingerprint density at radius 3 is 2.73 bits per heavy atom. The number of hydrogen-bond donors (Lipinski definition) is 0. The number of carbonyl (C=O) groups is 1. The monoisotopic (exact) mass is 414 g/mol. The maximum Gasteiger partial charge on any atom is 0.238 e. The van der Waals surface area contributed by atoms with E-state index >= 15 is 0 Å². The molecule has 158 valence electrons. The topological polar surface area (TPSA) is 72.1 Å². The number of aromatic nitrogens is 3. The van der Waals surface area contributed by atoms with Crippen molar-refractivity contribution in [3.05, 3.63) is 42.3 Å². The Balaban J connectivity index is 1.40. The Morgan fingerprint density at radius 1 is 1.23 bits per heavy atom. The first-order valence-electron chi connectivity index (χ1n) is 10.2. The highest BCUT2D eigenvalue weighted by molar-refractivity contribution is 5.83. The van der Waals surface area contributed by atoms with E-state index in [1.54, 1.807) is 24.2 Å². The molecule has 2 aromatic heterocycles. The van der Waals surface area contributed by atoms with Gasteiger partial charge >= 0.3 is 0 Å². The fourth-order valence-electron chi connectivity index (χ4n) is 3.87. The molecule has 0 saturated carbocycles. The van der Waals surface area contributed by atoms with E-state index in [2.05, 4.69) is 15.0 Å². The van der Waals surface area contributed by atoms with Crippen LogP contribution in [-0.2, 0) is 11.2 Å². The molecule has 1 saturated heterocycles. The number of aryl methyl sites for hydroxylation is 1. The molecule has 0 spiro atoms. The molecule has 1 aliphatic rings. The van der Waals surface area contributed by atoms with Crippen LogP contribution in [0.2, 0.25) is 0 Å². The van der Waals surface area contributed by atoms with Crippen LogP contribution in [0, 0.1) is 12.8 Å². The van der Waals surface area contributed by atoms with Crippen LogP contribution in [-0.4, -0.2) is 45.3 Å². The van der Waals surface area contributed by atoms with Gasteiger partial charge in [0, 0.05) is 43.6 Å². The first-order valence-corrected chi connectivity index (χ1v) is 10.2. The summed E-state index contributed by atoms with van der Waals surface area (Å²) in [4.78, 5) is 27.5. The molecule has 0 aliphatic carbocycles. The van der Waals surface area contributed by atoms with Gasteiger partial charge in [-0.3, -0.25) is 4.79 Å². The summed E-state index contributed by atoms with van der Waals surface area (Å²) in [6.07, 6.45) is 3.30. The molecule has 1 fully saturated rings. The maximum absolute atomic E-state index is 12.7. The van der Waals surface area contributed by atoms with Crippen molar-refractivity contribution in [3.63, 3.8) is 0 Å². The van der Waals surface area contributed by atoms with Crippen LogP contribution in [0.3, 0.4) is 0 Å². The summed E-state index contributed by atoms with van der Waals surface area (Å²) in [7, 11) is 0. The zero-order chi connectivity index (χ0) is 21.1. The Bertz CT molecular complexity index is 1030. The standard InChI is InChI=1S/C22H24F2N4O2/c1-14-25-13-19(30-14)16-3-4-17-12-26-21(27-18(17)10-16)11-22(29)28-8-6-15(7-9-28)2-5-20(23)24/h3-4,10,12-13,15,20H,2,5-9,11H2,1H3. The van der Waals surface area contributed by atoms with Crippen LogP contribution in [0.1, 0.15) is 37.4 Å². The number of piperidine rings is 1. The first-order chi connectivity index (χ1) is 14.5. The van der Waals surface area contributed by atoms with Crippen LogP contribution in [0.5, 0.6) is 0 Å². The van der Waals surface area contributed by atoms with E-state index in [4.69, 9.17) is 4.42 Å². The lowest BCUT2D eigenvalue weighted by Gasteiger charge is -2.32. The predicted octanol–water partition coefficient (Wildman–Crippen LogP) is 4.42. The summed E-state index contributed by atoms with van der Waals surface area (Å²) in [5, 5.41) is 0.881. The van der Waals surface area contributed by atoms with Gasteiger partial charge in [0.1, 0.15) is 5.82 Å². The summed E-state index contributed by atoms with van der Waals surface area (Å²) >= 11 is 0. The smallest absolute Gasteiger partial charge is 0.238 e. The number of benzene rings is 1. The van der Waals surface area contributed by atoms with Crippen molar-refractivity contribution in [1.29, 1.82) is 0 Å². The SMILES string of the molecule is Cc1ncc(-c2ccc3cnc(CC(=O)N4CCC(CCC(F)F)CC4)nc3c2)o1. The van der Waals surface area contributed by atoms with Crippen molar-refractivity contribution in [2.75, 3.05) is 13.1 Å². The van der Waals surface area contributed by atoms with Crippen molar-refractivity contribution >= 4 is 16.8 Å². The molecular weight excluding hydrogens is 390 g/mol. The van der Waals surface area contributed by atoms with Gasteiger partial charge in [0.15, 0.2) is 11.7 Å². The van der Waals surface area contributed by atoms with E-state index in [1.165, 1.54) is 0 Å². The maximum atomic E-state index is 12.7. The number of oxazole rings is 1. The minimum absolute atomic E-state index is 0.0244. The summed E-state index contributed by atoms with van der Waals surface area (Å²) in [5.74, 6) is 1.98. The molecule has 3 aromatic rings. The Labute approximate surface area is 173 Å². The molecular formula is C22H24F2N4O2. The van der Waals surface area contributed by atoms with Crippen molar-refractivity contribution in [3.8, 4) is 11.3 Å². The van der Waals surface area contributed by atoms with Crippen molar-refractivity contribution < 1.29 is 18.0 Å². The molecule has 0 unspecified atom stereocenters. The number of fused-ring (bicyclic) bond motifs is 1. The molecule has 1 aromatic carbocycles. The fraction of sp³-hybridized carbons (Fsp3) is 0.455. The second kappa shape index (κ2) is 8.85. The molecule has 0 N–H and O–H groups in total. The number of nitrogens with zero attached hydrogens (tertiary/aromatic N) is 4. The van der Waals surface area contributed by atoms with Crippen LogP contribution in [0.25, 0.3) is 22.2 Å². The molecule has 3 heterocycles. The van der Waals surface area contributed by atoms with Gasteiger partial charge in [-0.05, 0) is 31.2 Å². The van der Waals surface area contributed by atoms with Gasteiger partial charge in [-0.15, -0.1) is 0 Å². The first kappa shape index (κ1) is 20.4. The number of likely N-dealkylation sites (tertiary alicyclic amines) is 1. The Morgan fingerprint density at radius 2 is 2.03 bits per heavy atom. The summed E-state index contributed by atoms with van der Waals surface area (Å²) in [6.45, 7) is 3.00. The van der Waals surface area contributed by atoms with E-state index < -0.39 is 6.43 Å². The zero-order valence-electron chi connectivity index (χ0n) is 16.9. The van der Waals surface area contributed by atoms with Crippen molar-refractivity contribution in [2.24, 2.45) is 5.92 Å². The minimum atomic E-state index is -2.25. The van der Waals surface area contributed by atoms with Crippen molar-refractivity contribution in [1.82, 2.24) is 19.9 Å². The van der Waals surface area contributed by atoms with Gasteiger partial charge < -0.3 is 9.32 Å². The van der Waals surface area contributed by atoms with E-state index in [9.17, 15) is 13.6 Å². The molecule has 1 aliphatic heterocycles. The third-order valence-electron chi connectivity index (χ3n) is 5.61. The zero-order valence-corrected chi connectivity index (χ0v) is 16.9. The van der Waals surface area contributed by atoms with Crippen LogP contribution in [0.4, 0.5) is 8.78 Å². The van der Waals surface area contributed by atoms with Crippen molar-refractivity contribution in [2.45, 2.75) is 45.5 Å². The lowest BCUT2D eigenvalue weighted by Crippen LogP contribution is -2.39. The normalized spacial score (nSPS) is 15.3. The van der Waals surface area contributed by atoms with Crippen LogP contribution in [0.15, 0.2) is 35.0 Å². The lowest BCUT2D eigenvalue weighted by molar-refractivity contribution is -0.132. The van der Waals surface area contributed by atoms with Gasteiger partial charge in [-0.25, -0.2) is 23.7 Å². The number of amides is 1. The highest BCUT2D eigenvalue weighted by atomic mass is 19.3. The lowest BCUT2D eigenvalue weighted by atomic mass is 9.92. The molecule has 30 heavy (non-hydrogen) atoms. The number of rotatable bonds is 6. The second-order valence-corrected chi connectivity index (χ2v) is 7.77. The molecule has 6 nitrogen and oxygen atoms in total. The highest BCUT2D eigenvalue weighted by Crippen LogP contribution is 2.25. The van der Waals surface area contributed by atoms with Gasteiger partial charge in [-0.2, -0.15) is 0 Å². The summed E-state index contributed by atoms with van der Waals surface area (Å²) < 4.78 is 30.3. The van der Waals surface area contributed by atoms with Crippen LogP contribution < -0.4 is 0 Å².